The summed E-state index contributed by atoms with van der Waals surface area (Å²) in [7, 11) is -10.0. The van der Waals surface area contributed by atoms with Gasteiger partial charge in [-0.1, -0.05) is 298 Å². The molecule has 0 aliphatic heterocycles. The van der Waals surface area contributed by atoms with E-state index in [1.54, 1.807) is 0 Å². The van der Waals surface area contributed by atoms with Crippen molar-refractivity contribution < 1.29 is 80.2 Å². The highest BCUT2D eigenvalue weighted by Crippen LogP contribution is 2.45. The van der Waals surface area contributed by atoms with Crippen LogP contribution in [0.3, 0.4) is 0 Å². The molecule has 0 spiro atoms. The first-order valence-electron chi connectivity index (χ1n) is 41.3. The lowest BCUT2D eigenvalue weighted by Gasteiger charge is -2.21. The minimum Gasteiger partial charge on any atom is -0.462 e. The Morgan fingerprint density at radius 2 is 0.500 bits per heavy atom. The van der Waals surface area contributed by atoms with Crippen molar-refractivity contribution in [2.45, 2.75) is 303 Å². The topological polar surface area (TPSA) is 237 Å². The Morgan fingerprint density at radius 1 is 0.264 bits per heavy atom. The van der Waals surface area contributed by atoms with Crippen molar-refractivity contribution in [1.82, 2.24) is 0 Å². The van der Waals surface area contributed by atoms with Gasteiger partial charge in [-0.15, -0.1) is 0 Å². The van der Waals surface area contributed by atoms with Gasteiger partial charge < -0.3 is 33.8 Å². The van der Waals surface area contributed by atoms with Gasteiger partial charge >= 0.3 is 39.5 Å². The molecule has 0 saturated heterocycles. The summed E-state index contributed by atoms with van der Waals surface area (Å²) in [5, 5.41) is 10.7. The molecule has 0 rings (SSSR count). The SMILES string of the molecule is CC/C=C\C/C=C\C/C=C\C/C=C\C/C=C\C/C=C\CCC(=O)OC[C@H](COP(=O)(O)OC[C@@H](O)COP(=O)(O)OC[C@@H](COC(=O)CCC/C=C\C/C=C\C/C=C\C/C=C\CCCCC)OC(=O)CCCCCCC/C=C\CCCCCCCC)OC(=O)CC/C=C\C/C=C\C/C=C\C/C=C\C/C=C\C/C=C\CC. The normalized spacial score (nSPS) is 14.9. The Hall–Kier alpha value is -6.36. The second-order valence-corrected chi connectivity index (χ2v) is 29.5. The third-order valence-electron chi connectivity index (χ3n) is 16.2. The van der Waals surface area contributed by atoms with Crippen LogP contribution in [-0.2, 0) is 65.4 Å². The Labute approximate surface area is 665 Å². The zero-order chi connectivity index (χ0) is 80.3. The van der Waals surface area contributed by atoms with Crippen molar-refractivity contribution in [3.05, 3.63) is 207 Å². The third-order valence-corrected chi connectivity index (χ3v) is 18.1. The summed E-state index contributed by atoms with van der Waals surface area (Å²) in [5.74, 6) is -2.47. The van der Waals surface area contributed by atoms with E-state index in [-0.39, 0.29) is 25.7 Å². The van der Waals surface area contributed by atoms with Crippen molar-refractivity contribution in [3.63, 3.8) is 0 Å². The summed E-state index contributed by atoms with van der Waals surface area (Å²) >= 11 is 0. The van der Waals surface area contributed by atoms with Gasteiger partial charge in [-0.3, -0.25) is 37.3 Å². The molecule has 19 heteroatoms. The van der Waals surface area contributed by atoms with Crippen molar-refractivity contribution >= 4 is 39.5 Å². The van der Waals surface area contributed by atoms with Crippen LogP contribution in [0.1, 0.15) is 285 Å². The fraction of sp³-hybridized carbons (Fsp3) is 0.582. The number of carbonyl (C=O) groups excluding carboxylic acids is 4. The van der Waals surface area contributed by atoms with Crippen molar-refractivity contribution in [2.24, 2.45) is 0 Å². The second kappa shape index (κ2) is 80.7. The highest BCUT2D eigenvalue weighted by atomic mass is 31.2. The molecule has 0 amide bonds. The molecule has 17 nitrogen and oxygen atoms in total. The largest absolute Gasteiger partial charge is 0.472 e. The quantitative estimate of drug-likeness (QED) is 0.0169. The van der Waals surface area contributed by atoms with Gasteiger partial charge in [-0.05, 0) is 167 Å². The fourth-order valence-corrected chi connectivity index (χ4v) is 11.6. The van der Waals surface area contributed by atoms with Crippen LogP contribution in [0.5, 0.6) is 0 Å². The van der Waals surface area contributed by atoms with Gasteiger partial charge in [0.05, 0.1) is 26.4 Å². The van der Waals surface area contributed by atoms with Crippen LogP contribution in [-0.4, -0.2) is 96.7 Å². The molecule has 0 aliphatic rings. The maximum atomic E-state index is 13.1. The van der Waals surface area contributed by atoms with Crippen LogP contribution in [0.25, 0.3) is 0 Å². The van der Waals surface area contributed by atoms with Gasteiger partial charge in [-0.25, -0.2) is 9.13 Å². The summed E-state index contributed by atoms with van der Waals surface area (Å²) in [5.41, 5.74) is 0. The van der Waals surface area contributed by atoms with E-state index in [9.17, 15) is 43.2 Å². The first-order valence-corrected chi connectivity index (χ1v) is 44.3. The fourth-order valence-electron chi connectivity index (χ4n) is 10.0. The molecular weight excluding hydrogens is 1430 g/mol. The predicted octanol–water partition coefficient (Wildman–Crippen LogP) is 24.7. The van der Waals surface area contributed by atoms with E-state index in [4.69, 9.17) is 37.0 Å². The number of aliphatic hydroxyl groups excluding tert-OH is 1. The van der Waals surface area contributed by atoms with Crippen molar-refractivity contribution in [1.29, 1.82) is 0 Å². The standard InChI is InChI=1S/C91H144O17P2/c1-5-9-13-17-21-25-29-33-37-40-42-45-49-52-56-60-64-68-72-76-89(94)102-82-87(108-91(96)78-74-70-66-62-58-54-50-46-43-41-38-34-30-26-22-18-14-10-6-2)84-106-110(99,100)104-80-85(92)79-103-109(97,98)105-83-86(107-90(95)77-73-69-65-61-57-53-47-36-32-28-24-20-16-12-8-4)81-101-88(93)75-71-67-63-59-55-51-48-44-39-35-31-27-23-19-15-11-7-3/h9-10,13-14,21-23,25-27,33-39,42-43,45-48,51-52,54,56,58-59,63-64,66,68,70,85-87,92H,5-8,11-12,15-20,24,28-32,40-41,44,49-50,53,55,57,60-62,65,67,69,71-84H2,1-4H3,(H,97,98)(H,99,100)/b13-9-,14-10-,25-21-,26-22-,27-23-,37-33-,38-34-,39-35-,45-42-,46-43-,47-36-,51-48-,56-52-,58-54-,63-59-,68-64-,70-66-/t85-,86+,87+/m0/s1. The number of aliphatic hydroxyl groups is 1. The molecular formula is C91H144O17P2. The number of hydrogen-bond acceptors (Lipinski definition) is 15. The van der Waals surface area contributed by atoms with Gasteiger partial charge in [0.1, 0.15) is 19.3 Å². The maximum absolute atomic E-state index is 13.1. The van der Waals surface area contributed by atoms with E-state index in [1.165, 1.54) is 57.8 Å². The molecule has 110 heavy (non-hydrogen) atoms. The molecule has 0 aliphatic carbocycles. The molecule has 0 fully saturated rings. The Morgan fingerprint density at radius 3 is 0.855 bits per heavy atom. The number of ether oxygens (including phenoxy) is 4. The lowest BCUT2D eigenvalue weighted by Crippen LogP contribution is -2.30. The zero-order valence-electron chi connectivity index (χ0n) is 67.8. The minimum absolute atomic E-state index is 0.0101. The number of carbonyl (C=O) groups is 4. The van der Waals surface area contributed by atoms with Gasteiger partial charge in [0.2, 0.25) is 0 Å². The minimum atomic E-state index is -5.03. The van der Waals surface area contributed by atoms with Gasteiger partial charge in [-0.2, -0.15) is 0 Å². The zero-order valence-corrected chi connectivity index (χ0v) is 69.6. The monoisotopic (exact) mass is 1570 g/mol. The molecule has 2 unspecified atom stereocenters. The number of hydrogen-bond donors (Lipinski definition) is 3. The van der Waals surface area contributed by atoms with Crippen molar-refractivity contribution in [2.75, 3.05) is 39.6 Å². The first kappa shape index (κ1) is 104. The first-order chi connectivity index (χ1) is 53.7. The average Bonchev–Trinajstić information content (AvgIpc) is 0.900. The predicted molar refractivity (Wildman–Crippen MR) is 454 cm³/mol. The lowest BCUT2D eigenvalue weighted by molar-refractivity contribution is -0.161. The molecule has 0 heterocycles. The number of unbranched alkanes of at least 4 members (excludes halogenated alkanes) is 15. The number of esters is 4. The highest BCUT2D eigenvalue weighted by Gasteiger charge is 2.30. The van der Waals surface area contributed by atoms with E-state index in [1.807, 2.05) is 48.6 Å². The second-order valence-electron chi connectivity index (χ2n) is 26.6. The lowest BCUT2D eigenvalue weighted by atomic mass is 10.1. The summed E-state index contributed by atoms with van der Waals surface area (Å²) in [6.07, 6.45) is 101. The molecule has 0 aromatic rings. The molecule has 5 atom stereocenters. The molecule has 620 valence electrons. The summed E-state index contributed by atoms with van der Waals surface area (Å²) in [4.78, 5) is 73.1. The Kier molecular flexibility index (Phi) is 76.0. The van der Waals surface area contributed by atoms with Crippen LogP contribution >= 0.6 is 15.6 Å². The molecule has 0 radical (unpaired) electrons. The third kappa shape index (κ3) is 79.7. The number of phosphoric acid groups is 2. The summed E-state index contributed by atoms with van der Waals surface area (Å²) in [6.45, 7) is 4.35. The number of phosphoric ester groups is 2. The number of rotatable bonds is 75. The molecule has 3 N–H and O–H groups in total. The highest BCUT2D eigenvalue weighted by molar-refractivity contribution is 7.47. The van der Waals surface area contributed by atoms with Crippen LogP contribution in [0.15, 0.2) is 207 Å². The number of allylic oxidation sites excluding steroid dienone is 34. The van der Waals surface area contributed by atoms with Gasteiger partial charge in [0.25, 0.3) is 0 Å². The van der Waals surface area contributed by atoms with E-state index in [0.29, 0.717) is 44.9 Å². The van der Waals surface area contributed by atoms with Gasteiger partial charge in [0, 0.05) is 25.7 Å². The van der Waals surface area contributed by atoms with Crippen LogP contribution in [0, 0.1) is 0 Å². The van der Waals surface area contributed by atoms with E-state index in [2.05, 4.69) is 186 Å². The average molecular weight is 1570 g/mol. The maximum Gasteiger partial charge on any atom is 0.472 e. The van der Waals surface area contributed by atoms with Gasteiger partial charge in [0.15, 0.2) is 12.2 Å². The Balaban J connectivity index is 5.59. The van der Waals surface area contributed by atoms with Crippen LogP contribution in [0.4, 0.5) is 0 Å². The molecule has 0 bridgehead atoms. The summed E-state index contributed by atoms with van der Waals surface area (Å²) in [6, 6.07) is 0. The van der Waals surface area contributed by atoms with E-state index in [0.717, 1.165) is 128 Å². The van der Waals surface area contributed by atoms with E-state index >= 15 is 0 Å². The summed E-state index contributed by atoms with van der Waals surface area (Å²) < 4.78 is 68.5. The molecule has 0 aromatic heterocycles. The van der Waals surface area contributed by atoms with E-state index < -0.39 is 97.5 Å². The molecule has 0 aromatic carbocycles. The van der Waals surface area contributed by atoms with Crippen LogP contribution in [0.2, 0.25) is 0 Å². The van der Waals surface area contributed by atoms with Crippen molar-refractivity contribution in [3.8, 4) is 0 Å². The smallest absolute Gasteiger partial charge is 0.462 e. The van der Waals surface area contributed by atoms with Crippen LogP contribution < -0.4 is 0 Å². The molecule has 0 saturated carbocycles. The Bertz CT molecular complexity index is 2900.